The number of hydrogen-bond donors (Lipinski definition) is 1. The summed E-state index contributed by atoms with van der Waals surface area (Å²) in [6, 6.07) is 15.3. The van der Waals surface area contributed by atoms with Crippen LogP contribution in [0.5, 0.6) is 0 Å². The van der Waals surface area contributed by atoms with E-state index in [0.717, 1.165) is 16.7 Å². The summed E-state index contributed by atoms with van der Waals surface area (Å²) in [7, 11) is 1.49. The van der Waals surface area contributed by atoms with Crippen molar-refractivity contribution >= 4 is 17.5 Å². The molecule has 3 heteroatoms. The third kappa shape index (κ3) is 2.66. The first-order chi connectivity index (χ1) is 8.20. The molecule has 0 aliphatic rings. The van der Waals surface area contributed by atoms with Crippen LogP contribution in [0.25, 0.3) is 11.1 Å². The van der Waals surface area contributed by atoms with Crippen LogP contribution < -0.4 is 0 Å². The van der Waals surface area contributed by atoms with Gasteiger partial charge in [-0.05, 0) is 35.4 Å². The van der Waals surface area contributed by atoms with Crippen LogP contribution in [0.1, 0.15) is 5.56 Å². The summed E-state index contributed by atoms with van der Waals surface area (Å²) in [5.41, 5.74) is 2.81. The van der Waals surface area contributed by atoms with Crippen molar-refractivity contribution in [3.05, 3.63) is 59.1 Å². The van der Waals surface area contributed by atoms with Crippen molar-refractivity contribution in [2.24, 2.45) is 0 Å². The molecule has 0 aromatic heterocycles. The molecule has 0 atom stereocenters. The molecule has 2 rings (SSSR count). The molecule has 2 aromatic rings. The molecule has 2 aromatic carbocycles. The first-order valence-corrected chi connectivity index (χ1v) is 5.57. The van der Waals surface area contributed by atoms with E-state index < -0.39 is 0 Å². The van der Waals surface area contributed by atoms with E-state index in [1.165, 1.54) is 7.11 Å². The number of halogens is 1. The average Bonchev–Trinajstić information content (AvgIpc) is 2.38. The van der Waals surface area contributed by atoms with Gasteiger partial charge in [-0.2, -0.15) is 0 Å². The number of rotatable bonds is 2. The number of hydrogen-bond acceptors (Lipinski definition) is 2. The van der Waals surface area contributed by atoms with Crippen LogP contribution in [0, 0.1) is 5.41 Å². The summed E-state index contributed by atoms with van der Waals surface area (Å²) >= 11 is 5.96. The van der Waals surface area contributed by atoms with Gasteiger partial charge < -0.3 is 4.74 Å². The molecule has 17 heavy (non-hydrogen) atoms. The van der Waals surface area contributed by atoms with Gasteiger partial charge in [0.05, 0.1) is 7.11 Å². The first kappa shape index (κ1) is 11.7. The summed E-state index contributed by atoms with van der Waals surface area (Å²) < 4.78 is 4.91. The molecule has 0 amide bonds. The predicted octanol–water partition coefficient (Wildman–Crippen LogP) is 3.98. The molecule has 0 aliphatic carbocycles. The highest BCUT2D eigenvalue weighted by molar-refractivity contribution is 6.30. The second-order valence-corrected chi connectivity index (χ2v) is 4.06. The lowest BCUT2D eigenvalue weighted by Gasteiger charge is -2.06. The second kappa shape index (κ2) is 5.02. The van der Waals surface area contributed by atoms with E-state index in [-0.39, 0.29) is 5.90 Å². The number of nitrogens with one attached hydrogen (secondary N) is 1. The molecule has 0 bridgehead atoms. The average molecular weight is 246 g/mol. The Balaban J connectivity index is 2.43. The van der Waals surface area contributed by atoms with E-state index in [9.17, 15) is 0 Å². The first-order valence-electron chi connectivity index (χ1n) is 5.19. The van der Waals surface area contributed by atoms with Gasteiger partial charge >= 0.3 is 0 Å². The van der Waals surface area contributed by atoms with Crippen molar-refractivity contribution in [1.29, 1.82) is 5.41 Å². The maximum atomic E-state index is 7.63. The zero-order valence-electron chi connectivity index (χ0n) is 9.41. The van der Waals surface area contributed by atoms with Crippen LogP contribution in [0.3, 0.4) is 0 Å². The normalized spacial score (nSPS) is 10.0. The summed E-state index contributed by atoms with van der Waals surface area (Å²) in [4.78, 5) is 0. The highest BCUT2D eigenvalue weighted by Crippen LogP contribution is 2.23. The molecule has 0 spiro atoms. The summed E-state index contributed by atoms with van der Waals surface area (Å²) in [6.45, 7) is 0. The van der Waals surface area contributed by atoms with E-state index in [1.54, 1.807) is 0 Å². The smallest absolute Gasteiger partial charge is 0.212 e. The fraction of sp³-hybridized carbons (Fsp3) is 0.0714. The molecular formula is C14H12ClNO. The van der Waals surface area contributed by atoms with Gasteiger partial charge in [0, 0.05) is 10.6 Å². The van der Waals surface area contributed by atoms with E-state index in [1.807, 2.05) is 48.5 Å². The second-order valence-electron chi connectivity index (χ2n) is 3.62. The van der Waals surface area contributed by atoms with Crippen LogP contribution in [-0.2, 0) is 4.74 Å². The zero-order valence-corrected chi connectivity index (χ0v) is 10.2. The molecule has 0 saturated heterocycles. The van der Waals surface area contributed by atoms with Crippen LogP contribution >= 0.6 is 11.6 Å². The zero-order chi connectivity index (χ0) is 12.3. The van der Waals surface area contributed by atoms with Crippen molar-refractivity contribution in [2.45, 2.75) is 0 Å². The van der Waals surface area contributed by atoms with E-state index in [0.29, 0.717) is 5.02 Å². The third-order valence-electron chi connectivity index (χ3n) is 2.49. The van der Waals surface area contributed by atoms with Crippen molar-refractivity contribution in [1.82, 2.24) is 0 Å². The number of benzene rings is 2. The fourth-order valence-electron chi connectivity index (χ4n) is 1.63. The lowest BCUT2D eigenvalue weighted by Crippen LogP contribution is -2.00. The van der Waals surface area contributed by atoms with Crippen LogP contribution in [-0.4, -0.2) is 13.0 Å². The van der Waals surface area contributed by atoms with Gasteiger partial charge in [-0.15, -0.1) is 0 Å². The lowest BCUT2D eigenvalue weighted by atomic mass is 10.0. The van der Waals surface area contributed by atoms with Gasteiger partial charge in [-0.1, -0.05) is 35.9 Å². The molecule has 0 radical (unpaired) electrons. The summed E-state index contributed by atoms with van der Waals surface area (Å²) in [5, 5.41) is 8.33. The highest BCUT2D eigenvalue weighted by atomic mass is 35.5. The minimum atomic E-state index is 0.161. The molecule has 0 heterocycles. The molecule has 0 aliphatic heterocycles. The monoisotopic (exact) mass is 245 g/mol. The van der Waals surface area contributed by atoms with Crippen molar-refractivity contribution < 1.29 is 4.74 Å². The Morgan fingerprint density at radius 2 is 1.71 bits per heavy atom. The highest BCUT2D eigenvalue weighted by Gasteiger charge is 2.03. The topological polar surface area (TPSA) is 33.1 Å². The third-order valence-corrected chi connectivity index (χ3v) is 2.72. The van der Waals surface area contributed by atoms with Crippen molar-refractivity contribution in [3.63, 3.8) is 0 Å². The minimum absolute atomic E-state index is 0.161. The van der Waals surface area contributed by atoms with Gasteiger partial charge in [-0.25, -0.2) is 0 Å². The molecule has 86 valence electrons. The SMILES string of the molecule is COC(=N)c1cccc(-c2cccc(Cl)c2)c1. The standard InChI is InChI=1S/C14H12ClNO/c1-17-14(16)12-6-2-4-10(8-12)11-5-3-7-13(15)9-11/h2-9,16H,1H3. The van der Waals surface area contributed by atoms with E-state index in [2.05, 4.69) is 0 Å². The summed E-state index contributed by atoms with van der Waals surface area (Å²) in [6.07, 6.45) is 0. The molecule has 2 nitrogen and oxygen atoms in total. The van der Waals surface area contributed by atoms with E-state index in [4.69, 9.17) is 21.7 Å². The van der Waals surface area contributed by atoms with Crippen molar-refractivity contribution in [3.8, 4) is 11.1 Å². The van der Waals surface area contributed by atoms with E-state index >= 15 is 0 Å². The minimum Gasteiger partial charge on any atom is -0.481 e. The Labute approximate surface area is 105 Å². The largest absolute Gasteiger partial charge is 0.481 e. The Bertz CT molecular complexity index is 551. The Hall–Kier alpha value is -1.80. The van der Waals surface area contributed by atoms with Gasteiger partial charge in [0.15, 0.2) is 0 Å². The maximum absolute atomic E-state index is 7.63. The van der Waals surface area contributed by atoms with Crippen molar-refractivity contribution in [2.75, 3.05) is 7.11 Å². The summed E-state index contributed by atoms with van der Waals surface area (Å²) in [5.74, 6) is 0.161. The van der Waals surface area contributed by atoms with Crippen LogP contribution in [0.15, 0.2) is 48.5 Å². The molecule has 0 unspecified atom stereocenters. The van der Waals surface area contributed by atoms with Crippen LogP contribution in [0.2, 0.25) is 5.02 Å². The Morgan fingerprint density at radius 3 is 2.35 bits per heavy atom. The number of ether oxygens (including phenoxy) is 1. The van der Waals surface area contributed by atoms with Crippen LogP contribution in [0.4, 0.5) is 0 Å². The molecular weight excluding hydrogens is 234 g/mol. The fourth-order valence-corrected chi connectivity index (χ4v) is 1.82. The van der Waals surface area contributed by atoms with Gasteiger partial charge in [-0.3, -0.25) is 5.41 Å². The van der Waals surface area contributed by atoms with Gasteiger partial charge in [0.1, 0.15) is 0 Å². The Kier molecular flexibility index (Phi) is 3.45. The maximum Gasteiger partial charge on any atom is 0.212 e. The quantitative estimate of drug-likeness (QED) is 0.630. The number of methoxy groups -OCH3 is 1. The predicted molar refractivity (Wildman–Crippen MR) is 70.7 cm³/mol. The van der Waals surface area contributed by atoms with Gasteiger partial charge in [0.25, 0.3) is 0 Å². The molecule has 1 N–H and O–H groups in total. The van der Waals surface area contributed by atoms with Gasteiger partial charge in [0.2, 0.25) is 5.90 Å². The Morgan fingerprint density at radius 1 is 1.06 bits per heavy atom. The molecule has 0 fully saturated rings. The lowest BCUT2D eigenvalue weighted by molar-refractivity contribution is 0.401. The molecule has 0 saturated carbocycles.